The Bertz CT molecular complexity index is 240. The largest absolute Gasteiger partial charge is 0.466 e. The molecule has 0 aromatic carbocycles. The average Bonchev–Trinajstić information content (AvgIpc) is 2.17. The number of rotatable bonds is 3. The van der Waals surface area contributed by atoms with Gasteiger partial charge in [-0.15, -0.1) is 0 Å². The van der Waals surface area contributed by atoms with Crippen LogP contribution in [0.1, 0.15) is 39.5 Å². The van der Waals surface area contributed by atoms with E-state index in [2.05, 4.69) is 0 Å². The van der Waals surface area contributed by atoms with Crippen molar-refractivity contribution in [3.63, 3.8) is 0 Å². The van der Waals surface area contributed by atoms with Crippen molar-refractivity contribution >= 4 is 11.9 Å². The fourth-order valence-corrected chi connectivity index (χ4v) is 2.05. The summed E-state index contributed by atoms with van der Waals surface area (Å²) in [7, 11) is 0. The summed E-state index contributed by atoms with van der Waals surface area (Å²) in [4.78, 5) is 23.8. The van der Waals surface area contributed by atoms with E-state index in [-0.39, 0.29) is 17.9 Å². The standard InChI is InChI=1S/C11H19NO3/c1-9(13)12-7-4-3-5-11(12)6-8-15-10(2)14/h11H,3-8H2,1-2H3. The van der Waals surface area contributed by atoms with E-state index in [1.165, 1.54) is 6.92 Å². The Morgan fingerprint density at radius 1 is 1.33 bits per heavy atom. The molecule has 1 atom stereocenters. The van der Waals surface area contributed by atoms with Gasteiger partial charge < -0.3 is 9.64 Å². The molecule has 0 saturated carbocycles. The predicted octanol–water partition coefficient (Wildman–Crippen LogP) is 1.34. The lowest BCUT2D eigenvalue weighted by Gasteiger charge is -2.34. The molecule has 1 saturated heterocycles. The number of amides is 1. The third-order valence-corrected chi connectivity index (χ3v) is 2.79. The third kappa shape index (κ3) is 3.90. The maximum Gasteiger partial charge on any atom is 0.302 e. The van der Waals surface area contributed by atoms with Gasteiger partial charge in [-0.3, -0.25) is 9.59 Å². The van der Waals surface area contributed by atoms with E-state index in [0.29, 0.717) is 6.61 Å². The van der Waals surface area contributed by atoms with Crippen LogP contribution in [0.4, 0.5) is 0 Å². The number of nitrogens with zero attached hydrogens (tertiary/aromatic N) is 1. The van der Waals surface area contributed by atoms with Crippen LogP contribution >= 0.6 is 0 Å². The van der Waals surface area contributed by atoms with Crippen molar-refractivity contribution in [3.8, 4) is 0 Å². The van der Waals surface area contributed by atoms with E-state index in [4.69, 9.17) is 4.74 Å². The lowest BCUT2D eigenvalue weighted by atomic mass is 10.00. The van der Waals surface area contributed by atoms with E-state index in [0.717, 1.165) is 32.2 Å². The molecule has 0 aromatic heterocycles. The highest BCUT2D eigenvalue weighted by Crippen LogP contribution is 2.19. The lowest BCUT2D eigenvalue weighted by molar-refractivity contribution is -0.141. The molecule has 0 N–H and O–H groups in total. The first kappa shape index (κ1) is 12.0. The summed E-state index contributed by atoms with van der Waals surface area (Å²) < 4.78 is 4.90. The quantitative estimate of drug-likeness (QED) is 0.665. The first-order chi connectivity index (χ1) is 7.11. The molecule has 0 aromatic rings. The van der Waals surface area contributed by atoms with Crippen molar-refractivity contribution in [2.24, 2.45) is 0 Å². The number of carbonyl (C=O) groups excluding carboxylic acids is 2. The van der Waals surface area contributed by atoms with Gasteiger partial charge in [-0.05, 0) is 19.3 Å². The Balaban J connectivity index is 2.36. The summed E-state index contributed by atoms with van der Waals surface area (Å²) >= 11 is 0. The van der Waals surface area contributed by atoms with Gasteiger partial charge in [0.05, 0.1) is 6.61 Å². The molecule has 4 heteroatoms. The van der Waals surface area contributed by atoms with E-state index in [9.17, 15) is 9.59 Å². The van der Waals surface area contributed by atoms with Crippen molar-refractivity contribution < 1.29 is 14.3 Å². The van der Waals surface area contributed by atoms with Gasteiger partial charge in [-0.25, -0.2) is 0 Å². The summed E-state index contributed by atoms with van der Waals surface area (Å²) in [6.45, 7) is 4.28. The van der Waals surface area contributed by atoms with Gasteiger partial charge in [0.2, 0.25) is 5.91 Å². The van der Waals surface area contributed by atoms with Crippen molar-refractivity contribution in [1.29, 1.82) is 0 Å². The summed E-state index contributed by atoms with van der Waals surface area (Å²) in [5.74, 6) is -0.122. The number of esters is 1. The van der Waals surface area contributed by atoms with Crippen LogP contribution in [0.5, 0.6) is 0 Å². The lowest BCUT2D eigenvalue weighted by Crippen LogP contribution is -2.43. The summed E-state index contributed by atoms with van der Waals surface area (Å²) in [5, 5.41) is 0. The minimum Gasteiger partial charge on any atom is -0.466 e. The molecule has 0 radical (unpaired) electrons. The van der Waals surface area contributed by atoms with E-state index >= 15 is 0 Å². The molecule has 0 spiro atoms. The highest BCUT2D eigenvalue weighted by molar-refractivity contribution is 5.73. The monoisotopic (exact) mass is 213 g/mol. The van der Waals surface area contributed by atoms with Gasteiger partial charge in [-0.2, -0.15) is 0 Å². The smallest absolute Gasteiger partial charge is 0.302 e. The first-order valence-electron chi connectivity index (χ1n) is 5.52. The number of piperidine rings is 1. The Kier molecular flexibility index (Phi) is 4.59. The minimum atomic E-state index is -0.250. The van der Waals surface area contributed by atoms with Crippen LogP contribution in [0.3, 0.4) is 0 Å². The molecule has 1 heterocycles. The fraction of sp³-hybridized carbons (Fsp3) is 0.818. The molecule has 1 aliphatic rings. The van der Waals surface area contributed by atoms with Gasteiger partial charge in [0.1, 0.15) is 0 Å². The van der Waals surface area contributed by atoms with E-state index in [1.807, 2.05) is 4.90 Å². The Morgan fingerprint density at radius 3 is 2.67 bits per heavy atom. The molecule has 4 nitrogen and oxygen atoms in total. The van der Waals surface area contributed by atoms with Crippen LogP contribution in [0.2, 0.25) is 0 Å². The van der Waals surface area contributed by atoms with Gasteiger partial charge in [0.15, 0.2) is 0 Å². The molecule has 1 aliphatic heterocycles. The molecule has 86 valence electrons. The Labute approximate surface area is 90.6 Å². The SMILES string of the molecule is CC(=O)OCCC1CCCCN1C(C)=O. The molecule has 0 bridgehead atoms. The molecular weight excluding hydrogens is 194 g/mol. The van der Waals surface area contributed by atoms with Crippen molar-refractivity contribution in [1.82, 2.24) is 4.90 Å². The minimum absolute atomic E-state index is 0.127. The molecular formula is C11H19NO3. The number of ether oxygens (including phenoxy) is 1. The van der Waals surface area contributed by atoms with Crippen LogP contribution in [-0.2, 0) is 14.3 Å². The van der Waals surface area contributed by atoms with Crippen molar-refractivity contribution in [2.45, 2.75) is 45.6 Å². The Morgan fingerprint density at radius 2 is 2.07 bits per heavy atom. The van der Waals surface area contributed by atoms with Gasteiger partial charge >= 0.3 is 5.97 Å². The van der Waals surface area contributed by atoms with Crippen LogP contribution in [-0.4, -0.2) is 36.0 Å². The highest BCUT2D eigenvalue weighted by atomic mass is 16.5. The molecule has 1 unspecified atom stereocenters. The number of carbonyl (C=O) groups is 2. The summed E-state index contributed by atoms with van der Waals surface area (Å²) in [6.07, 6.45) is 4.04. The van der Waals surface area contributed by atoms with E-state index in [1.54, 1.807) is 6.92 Å². The maximum absolute atomic E-state index is 11.3. The van der Waals surface area contributed by atoms with Crippen LogP contribution in [0.25, 0.3) is 0 Å². The van der Waals surface area contributed by atoms with Crippen molar-refractivity contribution in [3.05, 3.63) is 0 Å². The maximum atomic E-state index is 11.3. The normalized spacial score (nSPS) is 21.2. The number of hydrogen-bond acceptors (Lipinski definition) is 3. The second-order valence-corrected chi connectivity index (χ2v) is 3.99. The van der Waals surface area contributed by atoms with Crippen molar-refractivity contribution in [2.75, 3.05) is 13.2 Å². The molecule has 0 aliphatic carbocycles. The highest BCUT2D eigenvalue weighted by Gasteiger charge is 2.23. The van der Waals surface area contributed by atoms with Crippen LogP contribution in [0.15, 0.2) is 0 Å². The second kappa shape index (κ2) is 5.73. The summed E-state index contributed by atoms with van der Waals surface area (Å²) in [6, 6.07) is 0.260. The zero-order chi connectivity index (χ0) is 11.3. The summed E-state index contributed by atoms with van der Waals surface area (Å²) in [5.41, 5.74) is 0. The number of likely N-dealkylation sites (tertiary alicyclic amines) is 1. The number of hydrogen-bond donors (Lipinski definition) is 0. The average molecular weight is 213 g/mol. The second-order valence-electron chi connectivity index (χ2n) is 3.99. The van der Waals surface area contributed by atoms with Crippen LogP contribution < -0.4 is 0 Å². The molecule has 15 heavy (non-hydrogen) atoms. The predicted molar refractivity (Wildman–Crippen MR) is 56.3 cm³/mol. The third-order valence-electron chi connectivity index (χ3n) is 2.79. The fourth-order valence-electron chi connectivity index (χ4n) is 2.05. The zero-order valence-electron chi connectivity index (χ0n) is 9.49. The van der Waals surface area contributed by atoms with Crippen LogP contribution in [0, 0.1) is 0 Å². The Hall–Kier alpha value is -1.06. The van der Waals surface area contributed by atoms with Gasteiger partial charge in [0.25, 0.3) is 0 Å². The topological polar surface area (TPSA) is 46.6 Å². The zero-order valence-corrected chi connectivity index (χ0v) is 9.49. The molecule has 1 fully saturated rings. The molecule has 1 rings (SSSR count). The van der Waals surface area contributed by atoms with E-state index < -0.39 is 0 Å². The first-order valence-corrected chi connectivity index (χ1v) is 5.52. The molecule has 1 amide bonds. The van der Waals surface area contributed by atoms with Gasteiger partial charge in [-0.1, -0.05) is 0 Å². The van der Waals surface area contributed by atoms with Gasteiger partial charge in [0, 0.05) is 32.9 Å².